The molecule has 0 atom stereocenters. The minimum Gasteiger partial charge on any atom is -0.120 e. The van der Waals surface area contributed by atoms with Crippen LogP contribution in [0.1, 0.15) is 41.5 Å². The quantitative estimate of drug-likeness (QED) is 0.659. The number of hydrogen-bond acceptors (Lipinski definition) is 2. The first-order valence-electron chi connectivity index (χ1n) is 5.56. The predicted molar refractivity (Wildman–Crippen MR) is 76.5 cm³/mol. The van der Waals surface area contributed by atoms with E-state index in [9.17, 15) is 0 Å². The SMILES string of the molecule is CC(C)(C)Sc1[c]c(SC(C)(C)C)ccc1. The summed E-state index contributed by atoms with van der Waals surface area (Å²) in [5.74, 6) is 0. The van der Waals surface area contributed by atoms with Crippen molar-refractivity contribution in [3.8, 4) is 0 Å². The zero-order valence-electron chi connectivity index (χ0n) is 11.0. The van der Waals surface area contributed by atoms with Gasteiger partial charge in [0.1, 0.15) is 0 Å². The molecular weight excluding hydrogens is 232 g/mol. The van der Waals surface area contributed by atoms with Gasteiger partial charge in [-0.3, -0.25) is 0 Å². The van der Waals surface area contributed by atoms with Crippen LogP contribution in [-0.2, 0) is 0 Å². The molecule has 1 rings (SSSR count). The first-order valence-corrected chi connectivity index (χ1v) is 7.19. The van der Waals surface area contributed by atoms with Crippen LogP contribution in [0.2, 0.25) is 0 Å². The maximum absolute atomic E-state index is 3.48. The second-order valence-electron chi connectivity index (χ2n) is 5.81. The lowest BCUT2D eigenvalue weighted by atomic mass is 10.3. The lowest BCUT2D eigenvalue weighted by Gasteiger charge is -2.20. The highest BCUT2D eigenvalue weighted by atomic mass is 32.2. The minimum absolute atomic E-state index is 0.252. The van der Waals surface area contributed by atoms with Crippen molar-refractivity contribution in [3.63, 3.8) is 0 Å². The molecule has 2 heteroatoms. The Morgan fingerprint density at radius 3 is 1.50 bits per heavy atom. The van der Waals surface area contributed by atoms with Gasteiger partial charge >= 0.3 is 0 Å². The molecule has 1 aromatic rings. The smallest absolute Gasteiger partial charge is 0.0168 e. The highest BCUT2D eigenvalue weighted by Crippen LogP contribution is 2.36. The Morgan fingerprint density at radius 1 is 0.812 bits per heavy atom. The molecule has 0 N–H and O–H groups in total. The zero-order valence-corrected chi connectivity index (χ0v) is 12.7. The van der Waals surface area contributed by atoms with E-state index >= 15 is 0 Å². The molecule has 16 heavy (non-hydrogen) atoms. The number of thioether (sulfide) groups is 2. The minimum atomic E-state index is 0.252. The summed E-state index contributed by atoms with van der Waals surface area (Å²) in [6.45, 7) is 13.4. The number of hydrogen-bond donors (Lipinski definition) is 0. The van der Waals surface area contributed by atoms with Crippen molar-refractivity contribution >= 4 is 23.5 Å². The van der Waals surface area contributed by atoms with Crippen LogP contribution in [0.5, 0.6) is 0 Å². The molecule has 0 aromatic heterocycles. The fourth-order valence-electron chi connectivity index (χ4n) is 1.21. The normalized spacial score (nSPS) is 12.9. The maximum atomic E-state index is 3.48. The molecule has 0 saturated heterocycles. The lowest BCUT2D eigenvalue weighted by molar-refractivity contribution is 0.800. The van der Waals surface area contributed by atoms with Crippen LogP contribution in [-0.4, -0.2) is 9.49 Å². The summed E-state index contributed by atoms with van der Waals surface area (Å²) in [7, 11) is 0. The van der Waals surface area contributed by atoms with E-state index in [-0.39, 0.29) is 9.49 Å². The van der Waals surface area contributed by atoms with Crippen molar-refractivity contribution in [1.82, 2.24) is 0 Å². The molecule has 0 amide bonds. The Morgan fingerprint density at radius 2 is 1.19 bits per heavy atom. The Labute approximate surface area is 109 Å². The van der Waals surface area contributed by atoms with E-state index in [0.29, 0.717) is 0 Å². The average molecular weight is 253 g/mol. The number of rotatable bonds is 2. The summed E-state index contributed by atoms with van der Waals surface area (Å²) in [5, 5.41) is 0. The molecule has 1 radical (unpaired) electrons. The van der Waals surface area contributed by atoms with Gasteiger partial charge in [0.05, 0.1) is 0 Å². The van der Waals surface area contributed by atoms with Crippen molar-refractivity contribution in [3.05, 3.63) is 24.3 Å². The molecule has 0 unspecified atom stereocenters. The predicted octanol–water partition coefficient (Wildman–Crippen LogP) is 5.27. The standard InChI is InChI=1S/C14H21S2/c1-13(2,3)15-11-8-7-9-12(10-11)16-14(4,5)6/h7-9H,1-6H3. The summed E-state index contributed by atoms with van der Waals surface area (Å²) in [5.41, 5.74) is 0. The Hall–Kier alpha value is -0.0800. The Kier molecular flexibility index (Phi) is 4.42. The summed E-state index contributed by atoms with van der Waals surface area (Å²) in [4.78, 5) is 2.48. The molecule has 0 bridgehead atoms. The van der Waals surface area contributed by atoms with Gasteiger partial charge < -0.3 is 0 Å². The van der Waals surface area contributed by atoms with E-state index in [4.69, 9.17) is 0 Å². The molecule has 0 saturated carbocycles. The summed E-state index contributed by atoms with van der Waals surface area (Å²) in [6.07, 6.45) is 0. The van der Waals surface area contributed by atoms with Gasteiger partial charge in [-0.25, -0.2) is 0 Å². The topological polar surface area (TPSA) is 0 Å². The van der Waals surface area contributed by atoms with Crippen LogP contribution in [0.3, 0.4) is 0 Å². The summed E-state index contributed by atoms with van der Waals surface area (Å²) < 4.78 is 0.503. The average Bonchev–Trinajstić information content (AvgIpc) is 1.96. The van der Waals surface area contributed by atoms with Gasteiger partial charge in [0.25, 0.3) is 0 Å². The summed E-state index contributed by atoms with van der Waals surface area (Å²) in [6, 6.07) is 9.89. The fourth-order valence-corrected chi connectivity index (χ4v) is 3.21. The maximum Gasteiger partial charge on any atom is 0.0168 e. The highest BCUT2D eigenvalue weighted by molar-refractivity contribution is 8.01. The zero-order chi connectivity index (χ0) is 12.4. The third kappa shape index (κ3) is 5.86. The van der Waals surface area contributed by atoms with E-state index in [1.807, 2.05) is 23.5 Å². The van der Waals surface area contributed by atoms with E-state index in [1.54, 1.807) is 0 Å². The molecule has 89 valence electrons. The molecule has 0 spiro atoms. The van der Waals surface area contributed by atoms with Gasteiger partial charge in [-0.1, -0.05) is 47.6 Å². The van der Waals surface area contributed by atoms with Crippen molar-refractivity contribution < 1.29 is 0 Å². The first kappa shape index (κ1) is 14.0. The first-order chi connectivity index (χ1) is 7.16. The molecule has 0 heterocycles. The molecular formula is C14H21S2. The fraction of sp³-hybridized carbons (Fsp3) is 0.571. The van der Waals surface area contributed by atoms with Gasteiger partial charge in [0, 0.05) is 25.4 Å². The molecule has 0 aliphatic carbocycles. The van der Waals surface area contributed by atoms with Gasteiger partial charge in [-0.15, -0.1) is 23.5 Å². The molecule has 0 aliphatic heterocycles. The molecule has 1 aromatic carbocycles. The van der Waals surface area contributed by atoms with Crippen LogP contribution in [0.4, 0.5) is 0 Å². The van der Waals surface area contributed by atoms with Crippen molar-refractivity contribution in [1.29, 1.82) is 0 Å². The monoisotopic (exact) mass is 253 g/mol. The second-order valence-corrected chi connectivity index (χ2v) is 9.55. The molecule has 0 nitrogen and oxygen atoms in total. The van der Waals surface area contributed by atoms with Crippen LogP contribution < -0.4 is 0 Å². The largest absolute Gasteiger partial charge is 0.120 e. The second kappa shape index (κ2) is 5.05. The lowest BCUT2D eigenvalue weighted by Crippen LogP contribution is -2.08. The third-order valence-electron chi connectivity index (χ3n) is 1.57. The van der Waals surface area contributed by atoms with Crippen LogP contribution in [0.15, 0.2) is 28.0 Å². The number of benzene rings is 1. The highest BCUT2D eigenvalue weighted by Gasteiger charge is 2.15. The van der Waals surface area contributed by atoms with Gasteiger partial charge in [0.2, 0.25) is 0 Å². The molecule has 0 fully saturated rings. The van der Waals surface area contributed by atoms with Crippen molar-refractivity contribution in [2.75, 3.05) is 0 Å². The van der Waals surface area contributed by atoms with Crippen molar-refractivity contribution in [2.24, 2.45) is 0 Å². The van der Waals surface area contributed by atoms with E-state index in [1.165, 1.54) is 9.79 Å². The summed E-state index contributed by atoms with van der Waals surface area (Å²) >= 11 is 3.74. The van der Waals surface area contributed by atoms with Crippen LogP contribution in [0, 0.1) is 6.07 Å². The van der Waals surface area contributed by atoms with Gasteiger partial charge in [-0.05, 0) is 12.1 Å². The van der Waals surface area contributed by atoms with Crippen LogP contribution in [0.25, 0.3) is 0 Å². The van der Waals surface area contributed by atoms with Crippen LogP contribution >= 0.6 is 23.5 Å². The molecule has 0 aliphatic rings. The van der Waals surface area contributed by atoms with Gasteiger partial charge in [0.15, 0.2) is 0 Å². The Balaban J connectivity index is 2.79. The van der Waals surface area contributed by atoms with Gasteiger partial charge in [-0.2, -0.15) is 0 Å². The van der Waals surface area contributed by atoms with E-state index in [0.717, 1.165) is 0 Å². The third-order valence-corrected chi connectivity index (χ3v) is 3.71. The van der Waals surface area contributed by atoms with E-state index in [2.05, 4.69) is 65.8 Å². The van der Waals surface area contributed by atoms with Crippen molar-refractivity contribution in [2.45, 2.75) is 60.8 Å². The van der Waals surface area contributed by atoms with E-state index < -0.39 is 0 Å². The Bertz CT molecular complexity index is 311.